The summed E-state index contributed by atoms with van der Waals surface area (Å²) in [6, 6.07) is 0.951. The summed E-state index contributed by atoms with van der Waals surface area (Å²) in [6.07, 6.45) is 1.85. The second kappa shape index (κ2) is 4.42. The number of nitrogens with zero attached hydrogens (tertiary/aromatic N) is 2. The number of pyridine rings is 1. The minimum absolute atomic E-state index is 0.0489. The molecule has 1 saturated heterocycles. The first-order valence-corrected chi connectivity index (χ1v) is 7.33. The highest BCUT2D eigenvalue weighted by molar-refractivity contribution is 7.91. The maximum Gasteiger partial charge on any atom is 0.167 e. The number of rotatable bonds is 2. The quantitative estimate of drug-likeness (QED) is 0.823. The fraction of sp³-hybridized carbons (Fsp3) is 0.500. The highest BCUT2D eigenvalue weighted by Gasteiger charge is 2.32. The molecular weight excluding hydrogens is 267 g/mol. The molecule has 2 heterocycles. The highest BCUT2D eigenvalue weighted by atomic mass is 35.5. The number of anilines is 1. The van der Waals surface area contributed by atoms with Crippen molar-refractivity contribution < 1.29 is 12.8 Å². The summed E-state index contributed by atoms with van der Waals surface area (Å²) in [5, 5.41) is 0.221. The summed E-state index contributed by atoms with van der Waals surface area (Å²) < 4.78 is 36.3. The molecule has 0 radical (unpaired) electrons. The summed E-state index contributed by atoms with van der Waals surface area (Å²) >= 11 is 5.61. The van der Waals surface area contributed by atoms with E-state index < -0.39 is 15.7 Å². The topological polar surface area (TPSA) is 50.3 Å². The molecule has 0 aliphatic carbocycles. The lowest BCUT2D eigenvalue weighted by molar-refractivity contribution is 0.592. The van der Waals surface area contributed by atoms with Gasteiger partial charge in [0.2, 0.25) is 0 Å². The number of sulfone groups is 1. The van der Waals surface area contributed by atoms with E-state index in [0.29, 0.717) is 6.42 Å². The van der Waals surface area contributed by atoms with E-state index in [0.717, 1.165) is 0 Å². The van der Waals surface area contributed by atoms with Crippen molar-refractivity contribution in [2.75, 3.05) is 23.5 Å². The van der Waals surface area contributed by atoms with Crippen molar-refractivity contribution in [1.29, 1.82) is 0 Å². The molecule has 0 saturated carbocycles. The van der Waals surface area contributed by atoms with Gasteiger partial charge in [-0.3, -0.25) is 0 Å². The van der Waals surface area contributed by atoms with Gasteiger partial charge in [-0.2, -0.15) is 0 Å². The maximum absolute atomic E-state index is 13.6. The predicted molar refractivity (Wildman–Crippen MR) is 64.7 cm³/mol. The van der Waals surface area contributed by atoms with Crippen molar-refractivity contribution in [3.63, 3.8) is 0 Å². The van der Waals surface area contributed by atoms with Crippen LogP contribution in [0, 0.1) is 5.82 Å². The van der Waals surface area contributed by atoms with Gasteiger partial charge in [0.25, 0.3) is 0 Å². The van der Waals surface area contributed by atoms with Crippen LogP contribution in [0.25, 0.3) is 0 Å². The molecule has 1 aromatic heterocycles. The van der Waals surface area contributed by atoms with Gasteiger partial charge >= 0.3 is 0 Å². The van der Waals surface area contributed by atoms with Gasteiger partial charge in [-0.05, 0) is 12.5 Å². The largest absolute Gasteiger partial charge is 0.353 e. The summed E-state index contributed by atoms with van der Waals surface area (Å²) in [5.74, 6) is -0.203. The van der Waals surface area contributed by atoms with Crippen molar-refractivity contribution in [1.82, 2.24) is 4.98 Å². The molecule has 1 aliphatic heterocycles. The van der Waals surface area contributed by atoms with E-state index in [1.807, 2.05) is 0 Å². The minimum atomic E-state index is -2.99. The second-order valence-corrected chi connectivity index (χ2v) is 6.79. The molecule has 1 fully saturated rings. The molecule has 1 unspecified atom stereocenters. The Hall–Kier alpha value is -0.880. The highest BCUT2D eigenvalue weighted by Crippen LogP contribution is 2.24. The third kappa shape index (κ3) is 2.69. The van der Waals surface area contributed by atoms with Gasteiger partial charge in [-0.1, -0.05) is 11.6 Å². The lowest BCUT2D eigenvalue weighted by atomic mass is 10.2. The Morgan fingerprint density at radius 1 is 1.59 bits per heavy atom. The van der Waals surface area contributed by atoms with Crippen molar-refractivity contribution in [2.45, 2.75) is 12.5 Å². The summed E-state index contributed by atoms with van der Waals surface area (Å²) in [5.41, 5.74) is 0. The Morgan fingerprint density at radius 3 is 2.82 bits per heavy atom. The van der Waals surface area contributed by atoms with Crippen LogP contribution in [0.3, 0.4) is 0 Å². The van der Waals surface area contributed by atoms with Gasteiger partial charge in [-0.25, -0.2) is 17.8 Å². The van der Waals surface area contributed by atoms with Crippen LogP contribution in [0.5, 0.6) is 0 Å². The Morgan fingerprint density at radius 2 is 2.29 bits per heavy atom. The number of hydrogen-bond donors (Lipinski definition) is 0. The molecule has 1 atom stereocenters. The van der Waals surface area contributed by atoms with E-state index in [-0.39, 0.29) is 28.4 Å². The standard InChI is InChI=1S/C10H12ClFN2O2S/c1-14(8-2-3-17(15,16)6-8)10-9(12)4-7(11)5-13-10/h4-5,8H,2-3,6H2,1H3. The Balaban J connectivity index is 2.23. The van der Waals surface area contributed by atoms with Gasteiger partial charge in [0.05, 0.1) is 16.5 Å². The van der Waals surface area contributed by atoms with E-state index in [2.05, 4.69) is 4.98 Å². The minimum Gasteiger partial charge on any atom is -0.353 e. The normalized spacial score (nSPS) is 22.6. The summed E-state index contributed by atoms with van der Waals surface area (Å²) in [6.45, 7) is 0. The third-order valence-electron chi connectivity index (χ3n) is 2.88. The van der Waals surface area contributed by atoms with Crippen molar-refractivity contribution in [3.8, 4) is 0 Å². The van der Waals surface area contributed by atoms with Crippen LogP contribution in [0.1, 0.15) is 6.42 Å². The number of hydrogen-bond acceptors (Lipinski definition) is 4. The average molecular weight is 279 g/mol. The molecule has 17 heavy (non-hydrogen) atoms. The van der Waals surface area contributed by atoms with Crippen LogP contribution in [-0.2, 0) is 9.84 Å². The molecule has 2 rings (SSSR count). The molecule has 0 spiro atoms. The molecule has 94 valence electrons. The lowest BCUT2D eigenvalue weighted by Gasteiger charge is -2.24. The van der Waals surface area contributed by atoms with E-state index in [9.17, 15) is 12.8 Å². The van der Waals surface area contributed by atoms with Crippen molar-refractivity contribution >= 4 is 27.3 Å². The average Bonchev–Trinajstić information content (AvgIpc) is 2.58. The van der Waals surface area contributed by atoms with Crippen LogP contribution in [0.2, 0.25) is 5.02 Å². The molecule has 0 N–H and O–H groups in total. The van der Waals surface area contributed by atoms with Crippen LogP contribution in [0.15, 0.2) is 12.3 Å². The lowest BCUT2D eigenvalue weighted by Crippen LogP contribution is -2.33. The Labute approximate surface area is 104 Å². The zero-order valence-electron chi connectivity index (χ0n) is 9.23. The van der Waals surface area contributed by atoms with Crippen LogP contribution in [-0.4, -0.2) is 38.0 Å². The molecule has 0 amide bonds. The van der Waals surface area contributed by atoms with Crippen molar-refractivity contribution in [2.24, 2.45) is 0 Å². The van der Waals surface area contributed by atoms with Crippen LogP contribution >= 0.6 is 11.6 Å². The van der Waals surface area contributed by atoms with Crippen molar-refractivity contribution in [3.05, 3.63) is 23.1 Å². The summed E-state index contributed by atoms with van der Waals surface area (Å²) in [4.78, 5) is 5.46. The Bertz CT molecular complexity index is 535. The second-order valence-electron chi connectivity index (χ2n) is 4.13. The van der Waals surface area contributed by atoms with E-state index in [4.69, 9.17) is 11.6 Å². The zero-order chi connectivity index (χ0) is 12.6. The van der Waals surface area contributed by atoms with Crippen LogP contribution < -0.4 is 4.90 Å². The van der Waals surface area contributed by atoms with Gasteiger partial charge in [0, 0.05) is 19.3 Å². The third-order valence-corrected chi connectivity index (χ3v) is 4.84. The molecule has 0 bridgehead atoms. The van der Waals surface area contributed by atoms with E-state index in [1.165, 1.54) is 12.3 Å². The first kappa shape index (κ1) is 12.6. The SMILES string of the molecule is CN(c1ncc(Cl)cc1F)C1CCS(=O)(=O)C1. The van der Waals surface area contributed by atoms with Crippen LogP contribution in [0.4, 0.5) is 10.2 Å². The zero-order valence-corrected chi connectivity index (χ0v) is 10.8. The molecular formula is C10H12ClFN2O2S. The molecule has 7 heteroatoms. The molecule has 1 aliphatic rings. The fourth-order valence-corrected chi connectivity index (χ4v) is 3.84. The van der Waals surface area contributed by atoms with E-state index in [1.54, 1.807) is 11.9 Å². The number of aromatic nitrogens is 1. The molecule has 1 aromatic rings. The van der Waals surface area contributed by atoms with E-state index >= 15 is 0 Å². The molecule has 4 nitrogen and oxygen atoms in total. The first-order chi connectivity index (χ1) is 7.89. The molecule has 0 aromatic carbocycles. The fourth-order valence-electron chi connectivity index (χ4n) is 1.92. The monoisotopic (exact) mass is 278 g/mol. The summed E-state index contributed by atoms with van der Waals surface area (Å²) in [7, 11) is -1.34. The first-order valence-electron chi connectivity index (χ1n) is 5.13. The van der Waals surface area contributed by atoms with Gasteiger partial charge in [0.1, 0.15) is 0 Å². The van der Waals surface area contributed by atoms with Gasteiger partial charge in [0.15, 0.2) is 21.5 Å². The predicted octanol–water partition coefficient (Wildman–Crippen LogP) is 1.50. The number of halogens is 2. The van der Waals surface area contributed by atoms with Gasteiger partial charge in [-0.15, -0.1) is 0 Å². The smallest absolute Gasteiger partial charge is 0.167 e. The maximum atomic E-state index is 13.6. The Kier molecular flexibility index (Phi) is 3.27. The van der Waals surface area contributed by atoms with Gasteiger partial charge < -0.3 is 4.90 Å².